The summed E-state index contributed by atoms with van der Waals surface area (Å²) in [6, 6.07) is 8.62. The zero-order valence-corrected chi connectivity index (χ0v) is 8.26. The van der Waals surface area contributed by atoms with E-state index in [-0.39, 0.29) is 5.88 Å². The quantitative estimate of drug-likeness (QED) is 0.577. The van der Waals surface area contributed by atoms with Crippen molar-refractivity contribution in [3.63, 3.8) is 0 Å². The highest BCUT2D eigenvalue weighted by Gasteiger charge is 2.11. The number of hydrogen-bond acceptors (Lipinski definition) is 2. The molecule has 0 amide bonds. The van der Waals surface area contributed by atoms with Crippen molar-refractivity contribution in [3.8, 4) is 0 Å². The molecule has 1 atom stereocenters. The minimum Gasteiger partial charge on any atom is -0.441 e. The van der Waals surface area contributed by atoms with E-state index in [9.17, 15) is 4.79 Å². The minimum absolute atomic E-state index is 0.0835. The Balaban J connectivity index is 2.59. The molecule has 0 aromatic heterocycles. The van der Waals surface area contributed by atoms with Crippen LogP contribution in [-0.4, -0.2) is 17.4 Å². The van der Waals surface area contributed by atoms with E-state index in [1.165, 1.54) is 0 Å². The Bertz CT molecular complexity index is 274. The molecule has 70 valence electrons. The molecule has 0 aliphatic carbocycles. The lowest BCUT2D eigenvalue weighted by molar-refractivity contribution is 0.0476. The van der Waals surface area contributed by atoms with E-state index in [1.807, 2.05) is 6.07 Å². The van der Waals surface area contributed by atoms with Gasteiger partial charge in [0.1, 0.15) is 0 Å². The molecule has 0 saturated heterocycles. The van der Waals surface area contributed by atoms with Gasteiger partial charge in [0.05, 0.1) is 11.4 Å². The van der Waals surface area contributed by atoms with Crippen LogP contribution in [0.15, 0.2) is 30.3 Å². The van der Waals surface area contributed by atoms with Gasteiger partial charge in [-0.25, -0.2) is 4.79 Å². The van der Waals surface area contributed by atoms with Gasteiger partial charge in [-0.3, -0.25) is 0 Å². The van der Waals surface area contributed by atoms with Crippen molar-refractivity contribution in [1.29, 1.82) is 0 Å². The molecule has 0 bridgehead atoms. The van der Waals surface area contributed by atoms with E-state index < -0.39 is 11.5 Å². The molecule has 1 aromatic rings. The second-order valence-corrected chi connectivity index (χ2v) is 3.13. The van der Waals surface area contributed by atoms with Crippen LogP contribution in [0.25, 0.3) is 0 Å². The van der Waals surface area contributed by atoms with E-state index in [4.69, 9.17) is 27.9 Å². The molecule has 2 nitrogen and oxygen atoms in total. The monoisotopic (exact) mass is 218 g/mol. The zero-order chi connectivity index (χ0) is 9.68. The standard InChI is InChI=1S/C9H8Cl2O2/c10-6-8(11)13-9(12)7-4-2-1-3-5-7/h1-5,8H,6H2. The van der Waals surface area contributed by atoms with E-state index in [2.05, 4.69) is 0 Å². The Kier molecular flexibility index (Phi) is 4.06. The predicted octanol–water partition coefficient (Wildman–Crippen LogP) is 2.65. The Hall–Kier alpha value is -0.730. The summed E-state index contributed by atoms with van der Waals surface area (Å²) in [6.45, 7) is 0. The summed E-state index contributed by atoms with van der Waals surface area (Å²) in [4.78, 5) is 11.2. The highest BCUT2D eigenvalue weighted by Crippen LogP contribution is 2.07. The van der Waals surface area contributed by atoms with Gasteiger partial charge >= 0.3 is 5.97 Å². The number of rotatable bonds is 3. The minimum atomic E-state index is -0.769. The number of hydrogen-bond donors (Lipinski definition) is 0. The van der Waals surface area contributed by atoms with Crippen LogP contribution in [0.3, 0.4) is 0 Å². The van der Waals surface area contributed by atoms with Crippen molar-refractivity contribution < 1.29 is 9.53 Å². The number of alkyl halides is 2. The summed E-state index contributed by atoms with van der Waals surface area (Å²) in [5.41, 5.74) is -0.298. The molecule has 0 aliphatic rings. The molecule has 0 fully saturated rings. The third-order valence-corrected chi connectivity index (χ3v) is 2.05. The molecular weight excluding hydrogens is 211 g/mol. The third kappa shape index (κ3) is 3.25. The Morgan fingerprint density at radius 2 is 2.00 bits per heavy atom. The van der Waals surface area contributed by atoms with Gasteiger partial charge in [0.25, 0.3) is 0 Å². The van der Waals surface area contributed by atoms with Crippen molar-refractivity contribution in [1.82, 2.24) is 0 Å². The summed E-state index contributed by atoms with van der Waals surface area (Å²) in [5, 5.41) is 0. The van der Waals surface area contributed by atoms with E-state index >= 15 is 0 Å². The first-order valence-corrected chi connectivity index (χ1v) is 4.67. The first-order chi connectivity index (χ1) is 6.24. The number of carbonyl (C=O) groups excluding carboxylic acids is 1. The van der Waals surface area contributed by atoms with Crippen LogP contribution in [-0.2, 0) is 4.74 Å². The van der Waals surface area contributed by atoms with Crippen LogP contribution < -0.4 is 0 Å². The van der Waals surface area contributed by atoms with Crippen LogP contribution >= 0.6 is 23.2 Å². The molecule has 13 heavy (non-hydrogen) atoms. The normalized spacial score (nSPS) is 12.2. The first kappa shape index (κ1) is 10.4. The number of benzene rings is 1. The molecule has 1 rings (SSSR count). The molecule has 0 N–H and O–H groups in total. The van der Waals surface area contributed by atoms with Crippen molar-refractivity contribution in [3.05, 3.63) is 35.9 Å². The lowest BCUT2D eigenvalue weighted by Gasteiger charge is -2.07. The topological polar surface area (TPSA) is 26.3 Å². The Labute approximate surface area is 86.4 Å². The second kappa shape index (κ2) is 5.10. The molecule has 1 aromatic carbocycles. The van der Waals surface area contributed by atoms with Crippen LogP contribution in [0, 0.1) is 0 Å². The number of ether oxygens (including phenoxy) is 1. The van der Waals surface area contributed by atoms with Gasteiger partial charge in [-0.2, -0.15) is 0 Å². The Morgan fingerprint density at radius 1 is 1.38 bits per heavy atom. The first-order valence-electron chi connectivity index (χ1n) is 3.70. The lowest BCUT2D eigenvalue weighted by atomic mass is 10.2. The molecule has 4 heteroatoms. The van der Waals surface area contributed by atoms with Crippen LogP contribution in [0.2, 0.25) is 0 Å². The van der Waals surface area contributed by atoms with Crippen molar-refractivity contribution in [2.75, 3.05) is 5.88 Å². The van der Waals surface area contributed by atoms with Gasteiger partial charge in [-0.1, -0.05) is 29.8 Å². The fourth-order valence-electron chi connectivity index (χ4n) is 0.790. The summed E-state index contributed by atoms with van der Waals surface area (Å²) < 4.78 is 4.78. The molecule has 0 saturated carbocycles. The van der Waals surface area contributed by atoms with Gasteiger partial charge < -0.3 is 4.74 Å². The van der Waals surface area contributed by atoms with Crippen molar-refractivity contribution in [2.45, 2.75) is 5.56 Å². The third-order valence-electron chi connectivity index (χ3n) is 1.37. The van der Waals surface area contributed by atoms with Gasteiger partial charge in [0, 0.05) is 0 Å². The van der Waals surface area contributed by atoms with E-state index in [1.54, 1.807) is 24.3 Å². The average molecular weight is 219 g/mol. The number of halogens is 2. The lowest BCUT2D eigenvalue weighted by Crippen LogP contribution is -2.13. The summed E-state index contributed by atoms with van der Waals surface area (Å²) in [6.07, 6.45) is 0. The van der Waals surface area contributed by atoms with E-state index in [0.29, 0.717) is 5.56 Å². The molecule has 0 aliphatic heterocycles. The Morgan fingerprint density at radius 3 is 2.54 bits per heavy atom. The SMILES string of the molecule is O=C(OC(Cl)CCl)c1ccccc1. The maximum absolute atomic E-state index is 11.2. The number of carbonyl (C=O) groups is 1. The summed E-state index contributed by atoms with van der Waals surface area (Å²) in [7, 11) is 0. The molecule has 0 heterocycles. The average Bonchev–Trinajstić information content (AvgIpc) is 2.19. The largest absolute Gasteiger partial charge is 0.441 e. The van der Waals surface area contributed by atoms with Crippen molar-refractivity contribution >= 4 is 29.2 Å². The fraction of sp³-hybridized carbons (Fsp3) is 0.222. The molecular formula is C9H8Cl2O2. The zero-order valence-electron chi connectivity index (χ0n) is 6.74. The predicted molar refractivity (Wildman–Crippen MR) is 52.2 cm³/mol. The summed E-state index contributed by atoms with van der Waals surface area (Å²) >= 11 is 10.9. The van der Waals surface area contributed by atoms with Crippen LogP contribution in [0.1, 0.15) is 10.4 Å². The maximum Gasteiger partial charge on any atom is 0.339 e. The number of esters is 1. The fourth-order valence-corrected chi connectivity index (χ4v) is 0.934. The molecule has 0 radical (unpaired) electrons. The van der Waals surface area contributed by atoms with Gasteiger partial charge in [-0.15, -0.1) is 11.6 Å². The summed E-state index contributed by atoms with van der Waals surface area (Å²) in [5.74, 6) is -0.374. The highest BCUT2D eigenvalue weighted by atomic mass is 35.5. The van der Waals surface area contributed by atoms with Crippen LogP contribution in [0.4, 0.5) is 0 Å². The highest BCUT2D eigenvalue weighted by molar-refractivity contribution is 6.27. The maximum atomic E-state index is 11.2. The van der Waals surface area contributed by atoms with E-state index in [0.717, 1.165) is 0 Å². The molecule has 1 unspecified atom stereocenters. The van der Waals surface area contributed by atoms with Gasteiger partial charge in [-0.05, 0) is 12.1 Å². The van der Waals surface area contributed by atoms with Crippen molar-refractivity contribution in [2.24, 2.45) is 0 Å². The smallest absolute Gasteiger partial charge is 0.339 e. The van der Waals surface area contributed by atoms with Crippen LogP contribution in [0.5, 0.6) is 0 Å². The second-order valence-electron chi connectivity index (χ2n) is 2.34. The molecule has 0 spiro atoms. The van der Waals surface area contributed by atoms with Gasteiger partial charge in [0.2, 0.25) is 0 Å². The van der Waals surface area contributed by atoms with Gasteiger partial charge in [0.15, 0.2) is 5.56 Å².